The van der Waals surface area contributed by atoms with Crippen molar-refractivity contribution >= 4 is 47.8 Å². The Morgan fingerprint density at radius 3 is 0.614 bits per heavy atom. The summed E-state index contributed by atoms with van der Waals surface area (Å²) >= 11 is 0. The first kappa shape index (κ1) is 84.0. The maximum absolute atomic E-state index is 13.1. The molecule has 33 heteroatoms. The van der Waals surface area contributed by atoms with E-state index in [0.29, 0.717) is 25.7 Å². The molecule has 0 aliphatic rings. The number of rotatable bonds is 31. The molecule has 0 rings (SSSR count). The van der Waals surface area contributed by atoms with Gasteiger partial charge in [0.2, 0.25) is 6.43 Å². The van der Waals surface area contributed by atoms with E-state index in [1.54, 1.807) is 83.1 Å². The lowest BCUT2D eigenvalue weighted by atomic mass is 9.91. The van der Waals surface area contributed by atoms with Crippen LogP contribution in [0.1, 0.15) is 148 Å². The quantitative estimate of drug-likeness (QED) is 0.0273. The monoisotopic (exact) mass is 1250 g/mol. The molecule has 0 N–H and O–H groups in total. The number of esters is 8. The second-order valence-electron chi connectivity index (χ2n) is 20.7. The van der Waals surface area contributed by atoms with Gasteiger partial charge in [-0.15, -0.1) is 0 Å². The molecule has 16 nitrogen and oxygen atoms in total. The van der Waals surface area contributed by atoms with E-state index in [1.165, 1.54) is 0 Å². The number of carbonyl (C=O) groups is 8. The molecule has 0 aromatic heterocycles. The van der Waals surface area contributed by atoms with Gasteiger partial charge in [-0.3, -0.25) is 19.2 Å². The van der Waals surface area contributed by atoms with Gasteiger partial charge >= 0.3 is 77.6 Å². The maximum Gasteiger partial charge on any atom is 0.395 e. The molecule has 490 valence electrons. The van der Waals surface area contributed by atoms with Crippen molar-refractivity contribution in [3.8, 4) is 0 Å². The van der Waals surface area contributed by atoms with Crippen LogP contribution in [0.15, 0.2) is 0 Å². The zero-order chi connectivity index (χ0) is 66.7. The lowest BCUT2D eigenvalue weighted by Gasteiger charge is -2.21. The van der Waals surface area contributed by atoms with Crippen LogP contribution in [-0.4, -0.2) is 149 Å². The molecule has 0 heterocycles. The highest BCUT2D eigenvalue weighted by molar-refractivity contribution is 5.80. The van der Waals surface area contributed by atoms with Crippen LogP contribution in [0.2, 0.25) is 0 Å². The predicted octanol–water partition coefficient (Wildman–Crippen LogP) is 12.3. The normalized spacial score (nSPS) is 12.8. The summed E-state index contributed by atoms with van der Waals surface area (Å²) in [6.45, 7) is 16.3. The van der Waals surface area contributed by atoms with Crippen LogP contribution in [0.4, 0.5) is 74.6 Å². The number of alkyl halides is 17. The van der Waals surface area contributed by atoms with Gasteiger partial charge < -0.3 is 37.9 Å². The van der Waals surface area contributed by atoms with Crippen LogP contribution in [0.25, 0.3) is 0 Å². The zero-order valence-electron chi connectivity index (χ0n) is 48.3. The molecular weight excluding hydrogens is 1180 g/mol. The second-order valence-corrected chi connectivity index (χ2v) is 20.7. The highest BCUT2D eigenvalue weighted by atomic mass is 19.4. The summed E-state index contributed by atoms with van der Waals surface area (Å²) in [6, 6.07) is 0. The van der Waals surface area contributed by atoms with E-state index in [1.807, 2.05) is 0 Å². The van der Waals surface area contributed by atoms with Crippen molar-refractivity contribution in [1.82, 2.24) is 0 Å². The fourth-order valence-electron chi connectivity index (χ4n) is 4.38. The molecular formula is C50H75F17O16. The molecule has 0 aliphatic carbocycles. The van der Waals surface area contributed by atoms with E-state index in [-0.39, 0.29) is 13.8 Å². The van der Waals surface area contributed by atoms with E-state index in [9.17, 15) is 113 Å². The van der Waals surface area contributed by atoms with Crippen molar-refractivity contribution in [3.05, 3.63) is 0 Å². The van der Waals surface area contributed by atoms with Crippen molar-refractivity contribution in [2.45, 2.75) is 196 Å². The number of ether oxygens (including phenoxy) is 8. The van der Waals surface area contributed by atoms with Crippen molar-refractivity contribution in [3.63, 3.8) is 0 Å². The Labute approximate surface area is 469 Å². The molecule has 0 aromatic rings. The van der Waals surface area contributed by atoms with Crippen molar-refractivity contribution in [2.24, 2.45) is 21.7 Å². The Morgan fingerprint density at radius 1 is 0.289 bits per heavy atom. The first-order chi connectivity index (χ1) is 37.0. The highest BCUT2D eigenvalue weighted by Crippen LogP contribution is 2.34. The predicted molar refractivity (Wildman–Crippen MR) is 256 cm³/mol. The van der Waals surface area contributed by atoms with Crippen molar-refractivity contribution in [1.29, 1.82) is 0 Å². The summed E-state index contributed by atoms with van der Waals surface area (Å²) in [5, 5.41) is 0. The molecule has 0 spiro atoms. The lowest BCUT2D eigenvalue weighted by molar-refractivity contribution is -0.209. The fourth-order valence-corrected chi connectivity index (χ4v) is 4.38. The molecule has 0 fully saturated rings. The number of halogens is 17. The van der Waals surface area contributed by atoms with Crippen LogP contribution in [0.5, 0.6) is 0 Å². The Hall–Kier alpha value is -5.43. The smallest absolute Gasteiger partial charge is 0.395 e. The van der Waals surface area contributed by atoms with Crippen LogP contribution >= 0.6 is 0 Å². The van der Waals surface area contributed by atoms with Gasteiger partial charge in [0.25, 0.3) is 11.8 Å². The van der Waals surface area contributed by atoms with Crippen LogP contribution in [0.3, 0.4) is 0 Å². The zero-order valence-corrected chi connectivity index (χ0v) is 48.3. The molecule has 0 atom stereocenters. The molecule has 0 unspecified atom stereocenters. The second kappa shape index (κ2) is 35.1. The number of carbonyl (C=O) groups excluding carboxylic acids is 8. The summed E-state index contributed by atoms with van der Waals surface area (Å²) in [7, 11) is 0. The van der Waals surface area contributed by atoms with Gasteiger partial charge in [-0.1, -0.05) is 27.7 Å². The minimum absolute atomic E-state index is 0.281. The van der Waals surface area contributed by atoms with Crippen LogP contribution in [-0.2, 0) is 76.3 Å². The van der Waals surface area contributed by atoms with Crippen LogP contribution < -0.4 is 0 Å². The van der Waals surface area contributed by atoms with Gasteiger partial charge in [0.15, 0.2) is 0 Å². The van der Waals surface area contributed by atoms with Gasteiger partial charge in [0.1, 0.15) is 59.3 Å². The fraction of sp³-hybridized carbons (Fsp3) is 0.840. The minimum Gasteiger partial charge on any atom is -0.462 e. The SMILES string of the molecule is CCC(C)(C)C(=O)OCCOC(=O)C(F)(F)CC(C)(F)F.CCC(C)(C)C(=O)OCCOC(=O)C(F)(F)CC(C)(F)F.CCC(C)(C)C(=O)OCCOC(=O)C(F)(F)CC(F)(F)F.CCC(C)(C)C(=O)OCCOC(=O)C(F)(F)CC(F)F. The van der Waals surface area contributed by atoms with Crippen molar-refractivity contribution in [2.75, 3.05) is 52.9 Å². The summed E-state index contributed by atoms with van der Waals surface area (Å²) in [4.78, 5) is 89.6. The molecule has 0 bridgehead atoms. The van der Waals surface area contributed by atoms with E-state index in [2.05, 4.69) is 23.7 Å². The van der Waals surface area contributed by atoms with Gasteiger partial charge in [-0.2, -0.15) is 48.3 Å². The van der Waals surface area contributed by atoms with E-state index >= 15 is 0 Å². The molecule has 0 aliphatic heterocycles. The molecule has 0 amide bonds. The summed E-state index contributed by atoms with van der Waals surface area (Å²) < 4.78 is 248. The summed E-state index contributed by atoms with van der Waals surface area (Å²) in [5.41, 5.74) is -3.00. The van der Waals surface area contributed by atoms with E-state index < -0.39 is 196 Å². The van der Waals surface area contributed by atoms with E-state index in [0.717, 1.165) is 0 Å². The Morgan fingerprint density at radius 2 is 0.458 bits per heavy atom. The first-order valence-electron chi connectivity index (χ1n) is 25.0. The average Bonchev–Trinajstić information content (AvgIpc) is 3.31. The molecule has 0 saturated heterocycles. The Kier molecular flexibility index (Phi) is 35.6. The van der Waals surface area contributed by atoms with E-state index in [4.69, 9.17) is 14.2 Å². The topological polar surface area (TPSA) is 210 Å². The summed E-state index contributed by atoms with van der Waals surface area (Å²) in [6.07, 6.45) is -14.9. The number of hydrogen-bond donors (Lipinski definition) is 0. The average molecular weight is 1260 g/mol. The third-order valence-corrected chi connectivity index (χ3v) is 11.0. The van der Waals surface area contributed by atoms with Crippen molar-refractivity contribution < 1.29 is 151 Å². The molecule has 0 saturated carbocycles. The van der Waals surface area contributed by atoms with Crippen LogP contribution in [0, 0.1) is 21.7 Å². The number of hydrogen-bond acceptors (Lipinski definition) is 16. The standard InChI is InChI=1S/2C13H20F4O4.C12H17F5O4.C12H18F4O4/c2*1-5-11(2,3)9(18)20-6-7-21-10(19)13(16,17)8-12(4,14)15;1-4-10(2,3)8(18)20-5-6-21-9(19)11(13,14)7-12(15,16)17;1-4-11(2,3)9(17)19-5-6-20-10(18)12(15,16)7-8(13)14/h2*5-8H2,1-4H3;4-7H2,1-3H3;8H,4-7H2,1-3H3. The third-order valence-electron chi connectivity index (χ3n) is 11.0. The van der Waals surface area contributed by atoms with Gasteiger partial charge in [-0.25, -0.2) is 45.5 Å². The lowest BCUT2D eigenvalue weighted by Crippen LogP contribution is -2.37. The molecule has 83 heavy (non-hydrogen) atoms. The van der Waals surface area contributed by atoms with Gasteiger partial charge in [0.05, 0.1) is 40.9 Å². The molecule has 0 aromatic carbocycles. The first-order valence-corrected chi connectivity index (χ1v) is 25.0. The van der Waals surface area contributed by atoms with Gasteiger partial charge in [-0.05, 0) is 94.9 Å². The largest absolute Gasteiger partial charge is 0.462 e. The minimum atomic E-state index is -5.19. The Balaban J connectivity index is -0.000000501. The third kappa shape index (κ3) is 38.2. The molecule has 0 radical (unpaired) electrons. The highest BCUT2D eigenvalue weighted by Gasteiger charge is 2.51. The maximum atomic E-state index is 13.1. The Bertz CT molecular complexity index is 1860. The van der Waals surface area contributed by atoms with Gasteiger partial charge in [0, 0.05) is 0 Å². The summed E-state index contributed by atoms with van der Waals surface area (Å²) in [5.74, 6) is -35.7.